The fourth-order valence-electron chi connectivity index (χ4n) is 3.80. The topological polar surface area (TPSA) is 83.8 Å². The third kappa shape index (κ3) is 3.08. The first-order chi connectivity index (χ1) is 12.9. The normalized spacial score (nSPS) is 22.4. The van der Waals surface area contributed by atoms with E-state index in [9.17, 15) is 14.7 Å². The van der Waals surface area contributed by atoms with Gasteiger partial charge in [0.15, 0.2) is 11.4 Å². The van der Waals surface area contributed by atoms with Crippen LogP contribution in [0.3, 0.4) is 0 Å². The number of nitrogens with zero attached hydrogens (tertiary/aromatic N) is 2. The third-order valence-electron chi connectivity index (χ3n) is 5.33. The minimum atomic E-state index is -0.775. The minimum Gasteiger partial charge on any atom is -0.491 e. The summed E-state index contributed by atoms with van der Waals surface area (Å²) >= 11 is 0. The summed E-state index contributed by atoms with van der Waals surface area (Å²) in [5, 5.41) is 15.4. The molecule has 1 saturated heterocycles. The van der Waals surface area contributed by atoms with Gasteiger partial charge in [0.05, 0.1) is 13.2 Å². The van der Waals surface area contributed by atoms with Gasteiger partial charge in [-0.15, -0.1) is 0 Å². The number of aliphatic hydroxyl groups is 1. The molecule has 7 heteroatoms. The maximum Gasteiger partial charge on any atom is 0.273 e. The number of nitrogens with one attached hydrogen (secondary N) is 1. The highest BCUT2D eigenvalue weighted by molar-refractivity contribution is 5.95. The Morgan fingerprint density at radius 1 is 1.30 bits per heavy atom. The van der Waals surface area contributed by atoms with E-state index >= 15 is 0 Å². The standard InChI is InChI=1S/C20H25N3O4/c1-20(14-8-5-4-6-9-14)16(25)10-7-12-23(20)22-13-11-15(24)18(27-3)17(22)19(26)21-2/h4-6,8-9,11,13,16,25H,7,10,12H2,1-3H3,(H,21,26)/t16-,20-/m1/s1. The van der Waals surface area contributed by atoms with Crippen LogP contribution in [0.2, 0.25) is 0 Å². The maximum atomic E-state index is 12.6. The summed E-state index contributed by atoms with van der Waals surface area (Å²) in [6.07, 6.45) is 2.32. The van der Waals surface area contributed by atoms with Gasteiger partial charge in [0.1, 0.15) is 5.54 Å². The van der Waals surface area contributed by atoms with Gasteiger partial charge in [0, 0.05) is 25.9 Å². The Morgan fingerprint density at radius 3 is 2.63 bits per heavy atom. The molecular weight excluding hydrogens is 346 g/mol. The summed E-state index contributed by atoms with van der Waals surface area (Å²) in [5.74, 6) is -0.452. The van der Waals surface area contributed by atoms with Crippen molar-refractivity contribution in [3.8, 4) is 5.75 Å². The zero-order valence-electron chi connectivity index (χ0n) is 15.8. The third-order valence-corrected chi connectivity index (χ3v) is 5.33. The Labute approximate surface area is 158 Å². The van der Waals surface area contributed by atoms with Crippen LogP contribution in [0.4, 0.5) is 0 Å². The Balaban J connectivity index is 2.25. The van der Waals surface area contributed by atoms with Crippen molar-refractivity contribution in [1.82, 2.24) is 9.99 Å². The number of carbonyl (C=O) groups excluding carboxylic acids is 1. The molecule has 27 heavy (non-hydrogen) atoms. The van der Waals surface area contributed by atoms with Crippen molar-refractivity contribution in [2.24, 2.45) is 0 Å². The number of aromatic nitrogens is 1. The number of amides is 1. The van der Waals surface area contributed by atoms with Crippen LogP contribution in [-0.4, -0.2) is 42.5 Å². The van der Waals surface area contributed by atoms with E-state index in [1.165, 1.54) is 20.2 Å². The van der Waals surface area contributed by atoms with Crippen LogP contribution in [0, 0.1) is 0 Å². The first-order valence-corrected chi connectivity index (χ1v) is 8.98. The van der Waals surface area contributed by atoms with E-state index < -0.39 is 17.6 Å². The fourth-order valence-corrected chi connectivity index (χ4v) is 3.80. The van der Waals surface area contributed by atoms with Gasteiger partial charge in [-0.05, 0) is 25.3 Å². The van der Waals surface area contributed by atoms with Gasteiger partial charge in [-0.3, -0.25) is 19.3 Å². The lowest BCUT2D eigenvalue weighted by molar-refractivity contribution is 0.0421. The molecule has 1 aromatic heterocycles. The van der Waals surface area contributed by atoms with Gasteiger partial charge >= 0.3 is 0 Å². The van der Waals surface area contributed by atoms with Crippen molar-refractivity contribution >= 4 is 5.91 Å². The second-order valence-corrected chi connectivity index (χ2v) is 6.78. The number of hydrogen-bond donors (Lipinski definition) is 2. The number of benzene rings is 1. The fraction of sp³-hybridized carbons (Fsp3) is 0.400. The first-order valence-electron chi connectivity index (χ1n) is 8.98. The molecule has 2 heterocycles. The van der Waals surface area contributed by atoms with Crippen molar-refractivity contribution in [2.45, 2.75) is 31.4 Å². The molecule has 2 N–H and O–H groups in total. The summed E-state index contributed by atoms with van der Waals surface area (Å²) in [7, 11) is 2.87. The molecule has 7 nitrogen and oxygen atoms in total. The largest absolute Gasteiger partial charge is 0.491 e. The smallest absolute Gasteiger partial charge is 0.273 e. The second kappa shape index (κ2) is 7.44. The number of pyridine rings is 1. The highest BCUT2D eigenvalue weighted by Crippen LogP contribution is 2.37. The molecule has 1 aliphatic rings. The van der Waals surface area contributed by atoms with Crippen LogP contribution >= 0.6 is 0 Å². The molecule has 1 aliphatic heterocycles. The molecule has 2 aromatic rings. The lowest BCUT2D eigenvalue weighted by atomic mass is 9.80. The average Bonchev–Trinajstić information content (AvgIpc) is 2.70. The van der Waals surface area contributed by atoms with Crippen molar-refractivity contribution < 1.29 is 14.6 Å². The summed E-state index contributed by atoms with van der Waals surface area (Å²) in [4.78, 5) is 24.8. The number of aliphatic hydroxyl groups excluding tert-OH is 1. The Kier molecular flexibility index (Phi) is 5.23. The molecule has 2 atom stereocenters. The number of hydrogen-bond acceptors (Lipinski definition) is 5. The molecule has 0 bridgehead atoms. The van der Waals surface area contributed by atoms with Crippen LogP contribution in [0.25, 0.3) is 0 Å². The van der Waals surface area contributed by atoms with Crippen LogP contribution in [-0.2, 0) is 5.54 Å². The molecule has 0 radical (unpaired) electrons. The van der Waals surface area contributed by atoms with E-state index in [1.807, 2.05) is 42.3 Å². The molecule has 1 aromatic carbocycles. The zero-order chi connectivity index (χ0) is 19.6. The van der Waals surface area contributed by atoms with Crippen LogP contribution in [0.5, 0.6) is 5.75 Å². The van der Waals surface area contributed by atoms with Crippen molar-refractivity contribution in [2.75, 3.05) is 25.7 Å². The average molecular weight is 371 g/mol. The van der Waals surface area contributed by atoms with Crippen LogP contribution in [0.1, 0.15) is 35.8 Å². The maximum absolute atomic E-state index is 12.6. The summed E-state index contributed by atoms with van der Waals surface area (Å²) in [6.45, 7) is 2.56. The van der Waals surface area contributed by atoms with Crippen molar-refractivity contribution in [3.63, 3.8) is 0 Å². The number of ether oxygens (including phenoxy) is 1. The van der Waals surface area contributed by atoms with Gasteiger partial charge in [-0.1, -0.05) is 30.3 Å². The molecule has 1 amide bonds. The Hall–Kier alpha value is -2.80. The van der Waals surface area contributed by atoms with Gasteiger partial charge in [-0.2, -0.15) is 0 Å². The molecule has 0 saturated carbocycles. The van der Waals surface area contributed by atoms with Gasteiger partial charge in [-0.25, -0.2) is 0 Å². The molecule has 0 aliphatic carbocycles. The quantitative estimate of drug-likeness (QED) is 0.844. The Morgan fingerprint density at radius 2 is 2.00 bits per heavy atom. The van der Waals surface area contributed by atoms with Gasteiger partial charge in [0.25, 0.3) is 5.91 Å². The minimum absolute atomic E-state index is 0.0210. The molecule has 144 valence electrons. The van der Waals surface area contributed by atoms with E-state index in [1.54, 1.807) is 10.9 Å². The second-order valence-electron chi connectivity index (χ2n) is 6.78. The van der Waals surface area contributed by atoms with E-state index in [0.717, 1.165) is 12.0 Å². The van der Waals surface area contributed by atoms with Crippen molar-refractivity contribution in [3.05, 3.63) is 64.1 Å². The predicted octanol–water partition coefficient (Wildman–Crippen LogP) is 1.22. The number of piperidine rings is 1. The van der Waals surface area contributed by atoms with E-state index in [0.29, 0.717) is 13.0 Å². The molecule has 3 rings (SSSR count). The summed E-state index contributed by atoms with van der Waals surface area (Å²) in [5.41, 5.74) is -0.102. The first kappa shape index (κ1) is 19.0. The van der Waals surface area contributed by atoms with Crippen LogP contribution < -0.4 is 20.5 Å². The zero-order valence-corrected chi connectivity index (χ0v) is 15.8. The SMILES string of the molecule is CNC(=O)c1c(OC)c(=O)ccn1N1CCC[C@@H](O)[C@@]1(C)c1ccccc1. The predicted molar refractivity (Wildman–Crippen MR) is 103 cm³/mol. The lowest BCUT2D eigenvalue weighted by Gasteiger charge is -2.50. The monoisotopic (exact) mass is 371 g/mol. The number of carbonyl (C=O) groups is 1. The highest BCUT2D eigenvalue weighted by Gasteiger charge is 2.44. The molecule has 0 unspecified atom stereocenters. The van der Waals surface area contributed by atoms with Gasteiger partial charge in [0.2, 0.25) is 5.43 Å². The molecular formula is C20H25N3O4. The molecule has 1 fully saturated rings. The van der Waals surface area contributed by atoms with Gasteiger partial charge < -0.3 is 15.2 Å². The van der Waals surface area contributed by atoms with Crippen LogP contribution in [0.15, 0.2) is 47.4 Å². The summed E-state index contributed by atoms with van der Waals surface area (Å²) in [6, 6.07) is 11.1. The van der Waals surface area contributed by atoms with E-state index in [-0.39, 0.29) is 16.9 Å². The lowest BCUT2D eigenvalue weighted by Crippen LogP contribution is -2.61. The number of methoxy groups -OCH3 is 1. The Bertz CT molecular complexity index is 881. The highest BCUT2D eigenvalue weighted by atomic mass is 16.5. The molecule has 0 spiro atoms. The van der Waals surface area contributed by atoms with Crippen molar-refractivity contribution in [1.29, 1.82) is 0 Å². The number of rotatable bonds is 4. The van der Waals surface area contributed by atoms with E-state index in [4.69, 9.17) is 4.74 Å². The van der Waals surface area contributed by atoms with E-state index in [2.05, 4.69) is 5.32 Å². The summed E-state index contributed by atoms with van der Waals surface area (Å²) < 4.78 is 6.88.